The number of H-pyrrole nitrogens is 1. The third kappa shape index (κ3) is 7.25. The predicted octanol–water partition coefficient (Wildman–Crippen LogP) is 4.75. The number of benzene rings is 1. The van der Waals surface area contributed by atoms with Gasteiger partial charge in [-0.3, -0.25) is 14.7 Å². The van der Waals surface area contributed by atoms with Crippen molar-refractivity contribution in [1.82, 2.24) is 25.1 Å². The van der Waals surface area contributed by atoms with Crippen LogP contribution in [-0.2, 0) is 9.59 Å². The van der Waals surface area contributed by atoms with E-state index in [9.17, 15) is 9.59 Å². The largest absolute Gasteiger partial charge is 0.356 e. The Morgan fingerprint density at radius 1 is 1.13 bits per heavy atom. The molecule has 0 bridgehead atoms. The molecule has 1 aliphatic heterocycles. The molecule has 0 unspecified atom stereocenters. The van der Waals surface area contributed by atoms with Crippen molar-refractivity contribution in [3.05, 3.63) is 41.6 Å². The molecule has 1 aromatic carbocycles. The molecule has 0 aliphatic carbocycles. The fourth-order valence-corrected chi connectivity index (χ4v) is 5.20. The predicted molar refractivity (Wildman–Crippen MR) is 151 cm³/mol. The highest BCUT2D eigenvalue weighted by molar-refractivity contribution is 7.99. The molecule has 11 heteroatoms. The Balaban J connectivity index is 1.53. The number of rotatable bonds is 9. The lowest BCUT2D eigenvalue weighted by Gasteiger charge is -2.34. The summed E-state index contributed by atoms with van der Waals surface area (Å²) in [5.41, 5.74) is 2.69. The highest BCUT2D eigenvalue weighted by atomic mass is 32.2. The van der Waals surface area contributed by atoms with E-state index in [2.05, 4.69) is 25.7 Å². The van der Waals surface area contributed by atoms with Crippen LogP contribution in [-0.4, -0.2) is 63.6 Å². The SMILES string of the molecule is CC(=O)Nc1ccc(Sc2nc(Nc3cc(C)[nH]n3)c(C)c(N3CCC(CCN(C)C(C)=O)CC3)n2)cc1. The summed E-state index contributed by atoms with van der Waals surface area (Å²) in [6.45, 7) is 9.72. The van der Waals surface area contributed by atoms with Crippen molar-refractivity contribution in [2.24, 2.45) is 5.92 Å². The van der Waals surface area contributed by atoms with E-state index < -0.39 is 0 Å². The lowest BCUT2D eigenvalue weighted by Crippen LogP contribution is -2.36. The molecule has 1 saturated heterocycles. The normalized spacial score (nSPS) is 13.9. The second-order valence-corrected chi connectivity index (χ2v) is 10.9. The molecule has 2 aromatic heterocycles. The number of amides is 2. The van der Waals surface area contributed by atoms with E-state index in [1.54, 1.807) is 11.8 Å². The van der Waals surface area contributed by atoms with E-state index in [1.807, 2.05) is 51.2 Å². The number of carbonyl (C=O) groups excluding carboxylic acids is 2. The Kier molecular flexibility index (Phi) is 8.88. The van der Waals surface area contributed by atoms with Crippen molar-refractivity contribution in [2.75, 3.05) is 42.2 Å². The van der Waals surface area contributed by atoms with Crippen molar-refractivity contribution in [2.45, 2.75) is 57.0 Å². The number of nitrogens with one attached hydrogen (secondary N) is 3. The summed E-state index contributed by atoms with van der Waals surface area (Å²) in [4.78, 5) is 37.8. The van der Waals surface area contributed by atoms with Crippen LogP contribution in [0.4, 0.5) is 23.1 Å². The molecular formula is C27H36N8O2S. The van der Waals surface area contributed by atoms with Crippen LogP contribution in [0.3, 0.4) is 0 Å². The van der Waals surface area contributed by atoms with Gasteiger partial charge in [-0.25, -0.2) is 9.97 Å². The van der Waals surface area contributed by atoms with Gasteiger partial charge >= 0.3 is 0 Å². The van der Waals surface area contributed by atoms with E-state index in [0.29, 0.717) is 16.9 Å². The summed E-state index contributed by atoms with van der Waals surface area (Å²) in [6, 6.07) is 9.59. The fraction of sp³-hybridized carbons (Fsp3) is 0.444. The summed E-state index contributed by atoms with van der Waals surface area (Å²) in [5, 5.41) is 14.1. The molecular weight excluding hydrogens is 500 g/mol. The van der Waals surface area contributed by atoms with Gasteiger partial charge in [-0.1, -0.05) is 0 Å². The molecule has 1 fully saturated rings. The molecule has 0 atom stereocenters. The Morgan fingerprint density at radius 3 is 2.45 bits per heavy atom. The van der Waals surface area contributed by atoms with Crippen molar-refractivity contribution in [3.63, 3.8) is 0 Å². The van der Waals surface area contributed by atoms with Crippen LogP contribution in [0.15, 0.2) is 40.4 Å². The molecule has 38 heavy (non-hydrogen) atoms. The molecule has 0 radical (unpaired) electrons. The van der Waals surface area contributed by atoms with Crippen LogP contribution >= 0.6 is 11.8 Å². The number of aryl methyl sites for hydroxylation is 1. The second kappa shape index (κ2) is 12.3. The van der Waals surface area contributed by atoms with Gasteiger partial charge in [0.05, 0.1) is 0 Å². The lowest BCUT2D eigenvalue weighted by atomic mass is 9.93. The molecule has 3 heterocycles. The first-order chi connectivity index (χ1) is 18.2. The monoisotopic (exact) mass is 536 g/mol. The molecule has 10 nitrogen and oxygen atoms in total. The minimum Gasteiger partial charge on any atom is -0.356 e. The molecule has 3 aromatic rings. The van der Waals surface area contributed by atoms with Gasteiger partial charge in [-0.2, -0.15) is 5.10 Å². The van der Waals surface area contributed by atoms with E-state index in [4.69, 9.17) is 9.97 Å². The molecule has 1 aliphatic rings. The number of nitrogens with zero attached hydrogens (tertiary/aromatic N) is 5. The van der Waals surface area contributed by atoms with E-state index in [1.165, 1.54) is 18.7 Å². The van der Waals surface area contributed by atoms with Crippen molar-refractivity contribution < 1.29 is 9.59 Å². The zero-order chi connectivity index (χ0) is 27.2. The maximum Gasteiger partial charge on any atom is 0.221 e. The zero-order valence-electron chi connectivity index (χ0n) is 22.7. The minimum absolute atomic E-state index is 0.101. The van der Waals surface area contributed by atoms with Gasteiger partial charge in [-0.05, 0) is 75.1 Å². The Bertz CT molecular complexity index is 1270. The van der Waals surface area contributed by atoms with Gasteiger partial charge in [0.15, 0.2) is 11.0 Å². The van der Waals surface area contributed by atoms with Gasteiger partial charge in [0, 0.05) is 68.4 Å². The van der Waals surface area contributed by atoms with Crippen LogP contribution in [0.2, 0.25) is 0 Å². The topological polar surface area (TPSA) is 119 Å². The first-order valence-corrected chi connectivity index (χ1v) is 13.7. The zero-order valence-corrected chi connectivity index (χ0v) is 23.5. The van der Waals surface area contributed by atoms with Crippen molar-refractivity contribution in [1.29, 1.82) is 0 Å². The van der Waals surface area contributed by atoms with E-state index >= 15 is 0 Å². The quantitative estimate of drug-likeness (QED) is 0.335. The van der Waals surface area contributed by atoms with Crippen LogP contribution in [0.25, 0.3) is 0 Å². The lowest BCUT2D eigenvalue weighted by molar-refractivity contribution is -0.127. The minimum atomic E-state index is -0.101. The van der Waals surface area contributed by atoms with Crippen molar-refractivity contribution >= 4 is 46.7 Å². The number of hydrogen-bond acceptors (Lipinski definition) is 8. The summed E-state index contributed by atoms with van der Waals surface area (Å²) in [7, 11) is 1.86. The van der Waals surface area contributed by atoms with Gasteiger partial charge in [0.25, 0.3) is 0 Å². The number of anilines is 4. The standard InChI is InChI=1S/C27H36N8O2S/c1-17-16-24(33-32-17)29-25-18(2)26(35-14-11-21(12-15-35)10-13-34(5)20(4)37)31-27(30-25)38-23-8-6-22(7-9-23)28-19(3)36/h6-9,16,21H,10-15H2,1-5H3,(H,28,36)(H2,29,30,31,32,33). The maximum absolute atomic E-state index is 11.5. The molecule has 0 spiro atoms. The molecule has 0 saturated carbocycles. The molecule has 202 valence electrons. The number of hydrogen-bond donors (Lipinski definition) is 3. The Hall–Kier alpha value is -3.60. The van der Waals surface area contributed by atoms with E-state index in [0.717, 1.165) is 72.4 Å². The summed E-state index contributed by atoms with van der Waals surface area (Å²) < 4.78 is 0. The molecule has 4 rings (SSSR count). The van der Waals surface area contributed by atoms with Crippen molar-refractivity contribution in [3.8, 4) is 0 Å². The number of piperidine rings is 1. The Morgan fingerprint density at radius 2 is 1.84 bits per heavy atom. The summed E-state index contributed by atoms with van der Waals surface area (Å²) in [5.74, 6) is 2.96. The van der Waals surface area contributed by atoms with E-state index in [-0.39, 0.29) is 11.8 Å². The van der Waals surface area contributed by atoms with Crippen LogP contribution in [0, 0.1) is 19.8 Å². The third-order valence-electron chi connectivity index (χ3n) is 6.76. The number of aromatic nitrogens is 4. The maximum atomic E-state index is 11.5. The van der Waals surface area contributed by atoms with Gasteiger partial charge in [0.2, 0.25) is 11.8 Å². The van der Waals surface area contributed by atoms with Gasteiger partial charge in [-0.15, -0.1) is 0 Å². The average molecular weight is 537 g/mol. The molecule has 3 N–H and O–H groups in total. The number of aromatic amines is 1. The first kappa shape index (κ1) is 27.4. The summed E-state index contributed by atoms with van der Waals surface area (Å²) >= 11 is 1.48. The summed E-state index contributed by atoms with van der Waals surface area (Å²) in [6.07, 6.45) is 3.14. The first-order valence-electron chi connectivity index (χ1n) is 12.9. The van der Waals surface area contributed by atoms with Crippen LogP contribution in [0.1, 0.15) is 44.4 Å². The fourth-order valence-electron chi connectivity index (χ4n) is 4.45. The highest BCUT2D eigenvalue weighted by Gasteiger charge is 2.24. The smallest absolute Gasteiger partial charge is 0.221 e. The second-order valence-electron chi connectivity index (χ2n) is 9.83. The van der Waals surface area contributed by atoms with Crippen LogP contribution < -0.4 is 15.5 Å². The van der Waals surface area contributed by atoms with Crippen LogP contribution in [0.5, 0.6) is 0 Å². The van der Waals surface area contributed by atoms with Gasteiger partial charge < -0.3 is 20.4 Å². The number of carbonyl (C=O) groups is 2. The molecule has 2 amide bonds. The average Bonchev–Trinajstić information content (AvgIpc) is 3.30. The highest BCUT2D eigenvalue weighted by Crippen LogP contribution is 2.34. The van der Waals surface area contributed by atoms with Gasteiger partial charge in [0.1, 0.15) is 11.6 Å². The third-order valence-corrected chi connectivity index (χ3v) is 7.63. The Labute approximate surface area is 228 Å².